The third-order valence-electron chi connectivity index (χ3n) is 1.53. The Morgan fingerprint density at radius 1 is 1.55 bits per heavy atom. The summed E-state index contributed by atoms with van der Waals surface area (Å²) in [4.78, 5) is 8.28. The molecule has 0 saturated carbocycles. The fourth-order valence-corrected chi connectivity index (χ4v) is 0.770. The van der Waals surface area contributed by atoms with Crippen molar-refractivity contribution in [3.63, 3.8) is 0 Å². The van der Waals surface area contributed by atoms with Gasteiger partial charge >= 0.3 is 0 Å². The van der Waals surface area contributed by atoms with E-state index in [1.165, 1.54) is 0 Å². The van der Waals surface area contributed by atoms with Crippen LogP contribution in [0.5, 0.6) is 0 Å². The quantitative estimate of drug-likeness (QED) is 0.644. The molecule has 0 spiro atoms. The van der Waals surface area contributed by atoms with Gasteiger partial charge in [-0.15, -0.1) is 0 Å². The summed E-state index contributed by atoms with van der Waals surface area (Å²) in [6.45, 7) is 3.86. The van der Waals surface area contributed by atoms with E-state index in [4.69, 9.17) is 4.74 Å². The highest BCUT2D eigenvalue weighted by Crippen LogP contribution is 2.09. The molecule has 0 aromatic carbocycles. The molecule has 11 heavy (non-hydrogen) atoms. The Kier molecular flexibility index (Phi) is 2.54. The first-order valence-corrected chi connectivity index (χ1v) is 3.56. The molecule has 0 aliphatic rings. The summed E-state index contributed by atoms with van der Waals surface area (Å²) >= 11 is 0. The summed E-state index contributed by atoms with van der Waals surface area (Å²) in [6.07, 6.45) is 1.72. The van der Waals surface area contributed by atoms with Crippen LogP contribution >= 0.6 is 0 Å². The minimum atomic E-state index is -0.0186. The molecule has 0 aliphatic heterocycles. The summed E-state index contributed by atoms with van der Waals surface area (Å²) in [5, 5.41) is 0. The lowest BCUT2D eigenvalue weighted by molar-refractivity contribution is 0.112. The van der Waals surface area contributed by atoms with Gasteiger partial charge in [0.15, 0.2) is 5.82 Å². The second kappa shape index (κ2) is 3.44. The predicted molar refractivity (Wildman–Crippen MR) is 42.2 cm³/mol. The molecule has 3 nitrogen and oxygen atoms in total. The van der Waals surface area contributed by atoms with Gasteiger partial charge in [-0.3, -0.25) is 0 Å². The standard InChI is InChI=1S/C8H12N2O/c1-6-4-5-9-8(10-6)7(2)11-3/h4-5,7H,1-3H3. The fraction of sp³-hybridized carbons (Fsp3) is 0.500. The summed E-state index contributed by atoms with van der Waals surface area (Å²) in [5.74, 6) is 0.743. The first kappa shape index (κ1) is 8.14. The number of hydrogen-bond donors (Lipinski definition) is 0. The van der Waals surface area contributed by atoms with Gasteiger partial charge in [0.05, 0.1) is 0 Å². The van der Waals surface area contributed by atoms with Gasteiger partial charge in [-0.25, -0.2) is 9.97 Å². The Bertz CT molecular complexity index is 237. The molecule has 0 fully saturated rings. The van der Waals surface area contributed by atoms with Crippen LogP contribution in [0, 0.1) is 6.92 Å². The molecular formula is C8H12N2O. The smallest absolute Gasteiger partial charge is 0.156 e. The molecule has 1 heterocycles. The molecule has 0 aliphatic carbocycles. The molecular weight excluding hydrogens is 140 g/mol. The highest BCUT2D eigenvalue weighted by atomic mass is 16.5. The Morgan fingerprint density at radius 2 is 2.27 bits per heavy atom. The van der Waals surface area contributed by atoms with Gasteiger partial charge in [-0.2, -0.15) is 0 Å². The molecule has 0 amide bonds. The minimum Gasteiger partial charge on any atom is -0.374 e. The zero-order valence-electron chi connectivity index (χ0n) is 7.03. The largest absolute Gasteiger partial charge is 0.374 e. The predicted octanol–water partition coefficient (Wildman–Crippen LogP) is 1.49. The second-order valence-electron chi connectivity index (χ2n) is 2.43. The molecule has 0 N–H and O–H groups in total. The van der Waals surface area contributed by atoms with Gasteiger partial charge in [-0.1, -0.05) is 0 Å². The monoisotopic (exact) mass is 152 g/mol. The van der Waals surface area contributed by atoms with Gasteiger partial charge in [0.25, 0.3) is 0 Å². The van der Waals surface area contributed by atoms with Crippen molar-refractivity contribution in [1.82, 2.24) is 9.97 Å². The lowest BCUT2D eigenvalue weighted by atomic mass is 10.3. The minimum absolute atomic E-state index is 0.0186. The summed E-state index contributed by atoms with van der Waals surface area (Å²) in [6, 6.07) is 1.87. The lowest BCUT2D eigenvalue weighted by Gasteiger charge is -2.06. The zero-order valence-corrected chi connectivity index (χ0v) is 7.03. The topological polar surface area (TPSA) is 35.0 Å². The normalized spacial score (nSPS) is 13.0. The van der Waals surface area contributed by atoms with E-state index in [-0.39, 0.29) is 6.10 Å². The van der Waals surface area contributed by atoms with Crippen LogP contribution < -0.4 is 0 Å². The van der Waals surface area contributed by atoms with E-state index in [0.717, 1.165) is 11.5 Å². The van der Waals surface area contributed by atoms with E-state index in [9.17, 15) is 0 Å². The Labute approximate surface area is 66.4 Å². The van der Waals surface area contributed by atoms with Crippen molar-refractivity contribution in [2.75, 3.05) is 7.11 Å². The average molecular weight is 152 g/mol. The fourth-order valence-electron chi connectivity index (χ4n) is 0.770. The first-order chi connectivity index (χ1) is 5.24. The SMILES string of the molecule is COC(C)c1nccc(C)n1. The Hall–Kier alpha value is -0.960. The maximum absolute atomic E-state index is 5.07. The van der Waals surface area contributed by atoms with E-state index in [1.807, 2.05) is 19.9 Å². The van der Waals surface area contributed by atoms with E-state index in [1.54, 1.807) is 13.3 Å². The molecule has 1 unspecified atom stereocenters. The van der Waals surface area contributed by atoms with Crippen molar-refractivity contribution in [3.05, 3.63) is 23.8 Å². The van der Waals surface area contributed by atoms with E-state index in [2.05, 4.69) is 9.97 Å². The molecule has 0 radical (unpaired) electrons. The van der Waals surface area contributed by atoms with Gasteiger partial charge in [0.2, 0.25) is 0 Å². The Balaban J connectivity index is 2.86. The van der Waals surface area contributed by atoms with Crippen LogP contribution in [-0.2, 0) is 4.74 Å². The summed E-state index contributed by atoms with van der Waals surface area (Å²) < 4.78 is 5.07. The maximum Gasteiger partial charge on any atom is 0.156 e. The molecule has 60 valence electrons. The van der Waals surface area contributed by atoms with Crippen molar-refractivity contribution in [1.29, 1.82) is 0 Å². The lowest BCUT2D eigenvalue weighted by Crippen LogP contribution is -2.02. The van der Waals surface area contributed by atoms with Crippen LogP contribution in [0.2, 0.25) is 0 Å². The van der Waals surface area contributed by atoms with Crippen LogP contribution in [0.4, 0.5) is 0 Å². The number of ether oxygens (including phenoxy) is 1. The summed E-state index contributed by atoms with van der Waals surface area (Å²) in [7, 11) is 1.65. The van der Waals surface area contributed by atoms with Gasteiger partial charge < -0.3 is 4.74 Å². The maximum atomic E-state index is 5.07. The van der Waals surface area contributed by atoms with Crippen molar-refractivity contribution in [3.8, 4) is 0 Å². The van der Waals surface area contributed by atoms with Crippen LogP contribution in [0.15, 0.2) is 12.3 Å². The third-order valence-corrected chi connectivity index (χ3v) is 1.53. The highest BCUT2D eigenvalue weighted by Gasteiger charge is 2.05. The number of hydrogen-bond acceptors (Lipinski definition) is 3. The number of aryl methyl sites for hydroxylation is 1. The second-order valence-corrected chi connectivity index (χ2v) is 2.43. The number of aromatic nitrogens is 2. The molecule has 0 saturated heterocycles. The molecule has 1 rings (SSSR count). The molecule has 1 aromatic heterocycles. The summed E-state index contributed by atoms with van der Waals surface area (Å²) in [5.41, 5.74) is 0.971. The molecule has 1 aromatic rings. The average Bonchev–Trinajstić information content (AvgIpc) is 2.03. The van der Waals surface area contributed by atoms with Crippen molar-refractivity contribution < 1.29 is 4.74 Å². The highest BCUT2D eigenvalue weighted by molar-refractivity contribution is 5.01. The first-order valence-electron chi connectivity index (χ1n) is 3.56. The van der Waals surface area contributed by atoms with Crippen LogP contribution in [0.1, 0.15) is 24.5 Å². The van der Waals surface area contributed by atoms with Crippen molar-refractivity contribution in [2.24, 2.45) is 0 Å². The number of rotatable bonds is 2. The van der Waals surface area contributed by atoms with E-state index < -0.39 is 0 Å². The van der Waals surface area contributed by atoms with E-state index in [0.29, 0.717) is 0 Å². The van der Waals surface area contributed by atoms with Crippen molar-refractivity contribution >= 4 is 0 Å². The molecule has 3 heteroatoms. The van der Waals surface area contributed by atoms with Crippen LogP contribution in [0.3, 0.4) is 0 Å². The van der Waals surface area contributed by atoms with Gasteiger partial charge in [0, 0.05) is 19.0 Å². The molecule has 0 bridgehead atoms. The van der Waals surface area contributed by atoms with Gasteiger partial charge in [-0.05, 0) is 19.9 Å². The number of nitrogens with zero attached hydrogens (tertiary/aromatic N) is 2. The zero-order chi connectivity index (χ0) is 8.27. The van der Waals surface area contributed by atoms with E-state index >= 15 is 0 Å². The molecule has 1 atom stereocenters. The Morgan fingerprint density at radius 3 is 2.82 bits per heavy atom. The number of methoxy groups -OCH3 is 1. The van der Waals surface area contributed by atoms with Crippen molar-refractivity contribution in [2.45, 2.75) is 20.0 Å². The third kappa shape index (κ3) is 1.98. The van der Waals surface area contributed by atoms with Crippen LogP contribution in [0.25, 0.3) is 0 Å². The van der Waals surface area contributed by atoms with Gasteiger partial charge in [0.1, 0.15) is 6.10 Å². The van der Waals surface area contributed by atoms with Crippen LogP contribution in [-0.4, -0.2) is 17.1 Å².